The van der Waals surface area contributed by atoms with Crippen molar-refractivity contribution in [1.82, 2.24) is 9.80 Å². The molecule has 3 aromatic rings. The van der Waals surface area contributed by atoms with E-state index >= 15 is 0 Å². The van der Waals surface area contributed by atoms with Gasteiger partial charge in [0.1, 0.15) is 11.5 Å². The van der Waals surface area contributed by atoms with Gasteiger partial charge in [0, 0.05) is 56.8 Å². The first kappa shape index (κ1) is 20.4. The zero-order valence-corrected chi connectivity index (χ0v) is 17.5. The topological polar surface area (TPSA) is 48.7 Å². The van der Waals surface area contributed by atoms with Crippen LogP contribution in [0.4, 0.5) is 5.69 Å². The van der Waals surface area contributed by atoms with E-state index in [2.05, 4.69) is 34.3 Å². The lowest BCUT2D eigenvalue weighted by molar-refractivity contribution is -0.116. The summed E-state index contributed by atoms with van der Waals surface area (Å²) in [6.07, 6.45) is 0.977. The van der Waals surface area contributed by atoms with Gasteiger partial charge in [-0.15, -0.1) is 0 Å². The number of carbonyl (C=O) groups is 1. The van der Waals surface area contributed by atoms with Gasteiger partial charge in [-0.2, -0.15) is 0 Å². The number of piperazine rings is 1. The number of nitrogens with zero attached hydrogens (tertiary/aromatic N) is 2. The number of carbonyl (C=O) groups excluding carboxylic acids is 1. The summed E-state index contributed by atoms with van der Waals surface area (Å²) in [5.41, 5.74) is 3.16. The van der Waals surface area contributed by atoms with Crippen LogP contribution >= 0.6 is 0 Å². The van der Waals surface area contributed by atoms with E-state index in [1.165, 1.54) is 5.56 Å². The van der Waals surface area contributed by atoms with Crippen molar-refractivity contribution in [3.05, 3.63) is 78.1 Å². The second-order valence-electron chi connectivity index (χ2n) is 7.96. The minimum Gasteiger partial charge on any atom is -0.461 e. The van der Waals surface area contributed by atoms with Gasteiger partial charge in [-0.05, 0) is 36.9 Å². The molecular formula is C25H29N3O2. The lowest BCUT2D eigenvalue weighted by Crippen LogP contribution is -2.43. The third-order valence-corrected chi connectivity index (χ3v) is 5.56. The summed E-state index contributed by atoms with van der Waals surface area (Å²) in [6.45, 7) is 5.42. The van der Waals surface area contributed by atoms with Crippen LogP contribution in [0, 0.1) is 0 Å². The Bertz CT molecular complexity index is 942. The molecule has 0 atom stereocenters. The average molecular weight is 404 g/mol. The van der Waals surface area contributed by atoms with Crippen molar-refractivity contribution in [3.8, 4) is 11.3 Å². The largest absolute Gasteiger partial charge is 0.461 e. The van der Waals surface area contributed by atoms with E-state index in [4.69, 9.17) is 4.42 Å². The van der Waals surface area contributed by atoms with E-state index in [0.29, 0.717) is 12.8 Å². The van der Waals surface area contributed by atoms with Crippen molar-refractivity contribution in [2.24, 2.45) is 0 Å². The highest BCUT2D eigenvalue weighted by atomic mass is 16.3. The zero-order chi connectivity index (χ0) is 20.8. The Balaban J connectivity index is 1.24. The molecule has 0 aliphatic carbocycles. The molecule has 1 amide bonds. The predicted octanol–water partition coefficient (Wildman–Crippen LogP) is 4.27. The molecule has 4 rings (SSSR count). The highest BCUT2D eigenvalue weighted by molar-refractivity contribution is 5.90. The van der Waals surface area contributed by atoms with Crippen molar-refractivity contribution in [2.45, 2.75) is 19.4 Å². The van der Waals surface area contributed by atoms with Crippen LogP contribution in [0.2, 0.25) is 0 Å². The highest BCUT2D eigenvalue weighted by Gasteiger charge is 2.14. The van der Waals surface area contributed by atoms with Gasteiger partial charge in [-0.25, -0.2) is 0 Å². The van der Waals surface area contributed by atoms with Gasteiger partial charge in [0.2, 0.25) is 5.91 Å². The third kappa shape index (κ3) is 5.59. The van der Waals surface area contributed by atoms with Crippen LogP contribution in [0.1, 0.15) is 17.7 Å². The zero-order valence-electron chi connectivity index (χ0n) is 17.5. The Kier molecular flexibility index (Phi) is 6.62. The van der Waals surface area contributed by atoms with Gasteiger partial charge < -0.3 is 14.6 Å². The predicted molar refractivity (Wildman–Crippen MR) is 120 cm³/mol. The molecule has 0 spiro atoms. The number of nitrogens with one attached hydrogen (secondary N) is 1. The molecule has 30 heavy (non-hydrogen) atoms. The molecule has 2 heterocycles. The van der Waals surface area contributed by atoms with Crippen molar-refractivity contribution < 1.29 is 9.21 Å². The van der Waals surface area contributed by atoms with Crippen LogP contribution < -0.4 is 5.32 Å². The monoisotopic (exact) mass is 403 g/mol. The second-order valence-corrected chi connectivity index (χ2v) is 7.96. The molecule has 0 bridgehead atoms. The number of rotatable bonds is 7. The summed E-state index contributed by atoms with van der Waals surface area (Å²) in [5, 5.41) is 2.99. The molecule has 0 saturated carbocycles. The van der Waals surface area contributed by atoms with E-state index in [9.17, 15) is 4.79 Å². The SMILES string of the molecule is CN1CCN(Cc2ccc(NC(=O)CCc3ccc(-c4ccccc4)o3)cc2)CC1. The number of furan rings is 1. The fraction of sp³-hybridized carbons (Fsp3) is 0.320. The van der Waals surface area contributed by atoms with Crippen LogP contribution in [0.5, 0.6) is 0 Å². The molecule has 1 saturated heterocycles. The summed E-state index contributed by atoms with van der Waals surface area (Å²) >= 11 is 0. The lowest BCUT2D eigenvalue weighted by atomic mass is 10.1. The summed E-state index contributed by atoms with van der Waals surface area (Å²) in [6, 6.07) is 22.1. The molecule has 0 radical (unpaired) electrons. The quantitative estimate of drug-likeness (QED) is 0.640. The fourth-order valence-corrected chi connectivity index (χ4v) is 3.69. The molecular weight excluding hydrogens is 374 g/mol. The standard InChI is InChI=1S/C25H29N3O2/c1-27-15-17-28(18-16-27)19-20-7-9-22(10-8-20)26-25(29)14-12-23-11-13-24(30-23)21-5-3-2-4-6-21/h2-11,13H,12,14-19H2,1H3,(H,26,29). The Hall–Kier alpha value is -2.89. The van der Waals surface area contributed by atoms with E-state index in [-0.39, 0.29) is 5.91 Å². The Morgan fingerprint density at radius 3 is 2.40 bits per heavy atom. The van der Waals surface area contributed by atoms with E-state index < -0.39 is 0 Å². The van der Waals surface area contributed by atoms with Crippen LogP contribution in [-0.4, -0.2) is 48.9 Å². The molecule has 0 unspecified atom stereocenters. The van der Waals surface area contributed by atoms with Crippen molar-refractivity contribution in [3.63, 3.8) is 0 Å². The van der Waals surface area contributed by atoms with Crippen LogP contribution in [0.25, 0.3) is 11.3 Å². The van der Waals surface area contributed by atoms with Gasteiger partial charge >= 0.3 is 0 Å². The summed E-state index contributed by atoms with van der Waals surface area (Å²) in [5.74, 6) is 1.66. The van der Waals surface area contributed by atoms with Crippen LogP contribution in [0.3, 0.4) is 0 Å². The smallest absolute Gasteiger partial charge is 0.224 e. The number of hydrogen-bond acceptors (Lipinski definition) is 4. The first-order chi connectivity index (χ1) is 14.7. The Morgan fingerprint density at radius 2 is 1.67 bits per heavy atom. The maximum Gasteiger partial charge on any atom is 0.224 e. The molecule has 2 aromatic carbocycles. The molecule has 1 N–H and O–H groups in total. The number of benzene rings is 2. The maximum absolute atomic E-state index is 12.3. The molecule has 1 aliphatic rings. The number of anilines is 1. The van der Waals surface area contributed by atoms with E-state index in [1.54, 1.807) is 0 Å². The second kappa shape index (κ2) is 9.74. The van der Waals surface area contributed by atoms with Gasteiger partial charge in [0.05, 0.1) is 0 Å². The Morgan fingerprint density at radius 1 is 0.933 bits per heavy atom. The lowest BCUT2D eigenvalue weighted by Gasteiger charge is -2.32. The summed E-state index contributed by atoms with van der Waals surface area (Å²) < 4.78 is 5.88. The summed E-state index contributed by atoms with van der Waals surface area (Å²) in [7, 11) is 2.17. The fourth-order valence-electron chi connectivity index (χ4n) is 3.69. The molecule has 1 aromatic heterocycles. The normalized spacial score (nSPS) is 15.2. The molecule has 5 nitrogen and oxygen atoms in total. The minimum atomic E-state index is -0.000483. The third-order valence-electron chi connectivity index (χ3n) is 5.56. The van der Waals surface area contributed by atoms with Crippen LogP contribution in [0.15, 0.2) is 71.1 Å². The van der Waals surface area contributed by atoms with Gasteiger partial charge in [0.15, 0.2) is 0 Å². The Labute approximate surface area is 178 Å². The minimum absolute atomic E-state index is 0.000483. The van der Waals surface area contributed by atoms with Gasteiger partial charge in [-0.1, -0.05) is 42.5 Å². The van der Waals surface area contributed by atoms with Crippen molar-refractivity contribution in [1.29, 1.82) is 0 Å². The number of aryl methyl sites for hydroxylation is 1. The highest BCUT2D eigenvalue weighted by Crippen LogP contribution is 2.22. The van der Waals surface area contributed by atoms with Gasteiger partial charge in [-0.3, -0.25) is 9.69 Å². The van der Waals surface area contributed by atoms with Gasteiger partial charge in [0.25, 0.3) is 0 Å². The summed E-state index contributed by atoms with van der Waals surface area (Å²) in [4.78, 5) is 17.2. The first-order valence-electron chi connectivity index (χ1n) is 10.6. The van der Waals surface area contributed by atoms with E-state index in [1.807, 2.05) is 54.6 Å². The first-order valence-corrected chi connectivity index (χ1v) is 10.6. The molecule has 1 aliphatic heterocycles. The van der Waals surface area contributed by atoms with E-state index in [0.717, 1.165) is 55.5 Å². The molecule has 1 fully saturated rings. The van der Waals surface area contributed by atoms with Crippen molar-refractivity contribution >= 4 is 11.6 Å². The number of amides is 1. The molecule has 156 valence electrons. The maximum atomic E-state index is 12.3. The average Bonchev–Trinajstić information content (AvgIpc) is 3.25. The van der Waals surface area contributed by atoms with Crippen molar-refractivity contribution in [2.75, 3.05) is 38.5 Å². The molecule has 5 heteroatoms. The number of likely N-dealkylation sites (N-methyl/N-ethyl adjacent to an activating group) is 1. The number of hydrogen-bond donors (Lipinski definition) is 1. The van der Waals surface area contributed by atoms with Crippen LogP contribution in [-0.2, 0) is 17.8 Å².